The minimum Gasteiger partial charge on any atom is -0.407 e. The third kappa shape index (κ3) is 5.49. The molecule has 0 amide bonds. The summed E-state index contributed by atoms with van der Waals surface area (Å²) in [5, 5.41) is 0.136. The number of ketones is 1. The van der Waals surface area contributed by atoms with Crippen molar-refractivity contribution in [3.63, 3.8) is 0 Å². The molecule has 0 fully saturated rings. The zero-order valence-electron chi connectivity index (χ0n) is 13.0. The fraction of sp³-hybridized carbons (Fsp3) is 0.800. The molecule has 1 atom stereocenters. The van der Waals surface area contributed by atoms with Crippen LogP contribution in [0.25, 0.3) is 0 Å². The fourth-order valence-electron chi connectivity index (χ4n) is 1.50. The lowest BCUT2D eigenvalue weighted by Gasteiger charge is -2.38. The smallest absolute Gasteiger partial charge is 0.193 e. The Hall–Kier alpha value is -0.413. The Morgan fingerprint density at radius 1 is 1.33 bits per heavy atom. The first kappa shape index (κ1) is 17.6. The lowest BCUT2D eigenvalue weighted by Crippen LogP contribution is -2.45. The molecular weight excluding hydrogens is 240 g/mol. The molecule has 0 aromatic rings. The first-order valence-corrected chi connectivity index (χ1v) is 9.90. The second-order valence-corrected chi connectivity index (χ2v) is 11.2. The first-order valence-electron chi connectivity index (χ1n) is 6.99. The van der Waals surface area contributed by atoms with Crippen LogP contribution in [0.5, 0.6) is 0 Å². The van der Waals surface area contributed by atoms with Crippen LogP contribution in [0, 0.1) is 0 Å². The topological polar surface area (TPSA) is 26.3 Å². The average molecular weight is 270 g/mol. The standard InChI is InChI=1S/C15H30O2Si/c1-8-10-11-12-14(13(16)9-2)17-18(6,7)15(3,4)5/h9,14H,2,8,10-12H2,1,3-7H3. The van der Waals surface area contributed by atoms with Gasteiger partial charge in [0.05, 0.1) is 0 Å². The molecule has 0 aliphatic carbocycles. The zero-order valence-corrected chi connectivity index (χ0v) is 14.0. The predicted molar refractivity (Wildman–Crippen MR) is 81.4 cm³/mol. The van der Waals surface area contributed by atoms with Crippen molar-refractivity contribution in [2.75, 3.05) is 0 Å². The molecule has 3 heteroatoms. The number of hydrogen-bond donors (Lipinski definition) is 0. The van der Waals surface area contributed by atoms with Gasteiger partial charge in [-0.15, -0.1) is 0 Å². The summed E-state index contributed by atoms with van der Waals surface area (Å²) in [5.74, 6) is 0.0379. The van der Waals surface area contributed by atoms with Gasteiger partial charge in [0.2, 0.25) is 0 Å². The van der Waals surface area contributed by atoms with Crippen molar-refractivity contribution < 1.29 is 9.22 Å². The van der Waals surface area contributed by atoms with Crippen LogP contribution < -0.4 is 0 Å². The number of hydrogen-bond acceptors (Lipinski definition) is 2. The van der Waals surface area contributed by atoms with Crippen molar-refractivity contribution in [1.82, 2.24) is 0 Å². The van der Waals surface area contributed by atoms with E-state index in [1.165, 1.54) is 6.08 Å². The van der Waals surface area contributed by atoms with Gasteiger partial charge in [0.25, 0.3) is 0 Å². The highest BCUT2D eigenvalue weighted by Gasteiger charge is 2.40. The fourth-order valence-corrected chi connectivity index (χ4v) is 2.80. The molecule has 0 heterocycles. The van der Waals surface area contributed by atoms with Gasteiger partial charge in [-0.25, -0.2) is 0 Å². The summed E-state index contributed by atoms with van der Waals surface area (Å²) in [5.41, 5.74) is 0. The van der Waals surface area contributed by atoms with Gasteiger partial charge in [-0.2, -0.15) is 0 Å². The maximum Gasteiger partial charge on any atom is 0.193 e. The predicted octanol–water partition coefficient (Wildman–Crippen LogP) is 4.71. The number of carbonyl (C=O) groups excluding carboxylic acids is 1. The van der Waals surface area contributed by atoms with E-state index in [4.69, 9.17) is 4.43 Å². The molecule has 0 bridgehead atoms. The molecule has 0 aromatic heterocycles. The lowest BCUT2D eigenvalue weighted by molar-refractivity contribution is -0.121. The number of rotatable bonds is 8. The van der Waals surface area contributed by atoms with Crippen molar-refractivity contribution in [1.29, 1.82) is 0 Å². The average Bonchev–Trinajstić information content (AvgIpc) is 2.25. The van der Waals surface area contributed by atoms with Gasteiger partial charge < -0.3 is 4.43 Å². The number of unbranched alkanes of at least 4 members (excludes halogenated alkanes) is 2. The van der Waals surface area contributed by atoms with Crippen LogP contribution in [0.1, 0.15) is 53.4 Å². The zero-order chi connectivity index (χ0) is 14.4. The Bertz CT molecular complexity index is 277. The molecule has 0 saturated heterocycles. The van der Waals surface area contributed by atoms with Crippen molar-refractivity contribution in [2.45, 2.75) is 77.6 Å². The Kier molecular flexibility index (Phi) is 7.08. The van der Waals surface area contributed by atoms with Crippen molar-refractivity contribution >= 4 is 14.1 Å². The van der Waals surface area contributed by atoms with Crippen LogP contribution in [0.2, 0.25) is 18.1 Å². The van der Waals surface area contributed by atoms with Gasteiger partial charge in [-0.05, 0) is 30.6 Å². The molecule has 0 radical (unpaired) electrons. The van der Waals surface area contributed by atoms with Crippen LogP contribution in [0.4, 0.5) is 0 Å². The molecular formula is C15H30O2Si. The van der Waals surface area contributed by atoms with Crippen molar-refractivity contribution in [2.24, 2.45) is 0 Å². The summed E-state index contributed by atoms with van der Waals surface area (Å²) < 4.78 is 6.22. The van der Waals surface area contributed by atoms with Crippen LogP contribution >= 0.6 is 0 Å². The molecule has 0 aromatic carbocycles. The quantitative estimate of drug-likeness (QED) is 0.363. The molecule has 0 aliphatic rings. The van der Waals surface area contributed by atoms with Gasteiger partial charge in [0.15, 0.2) is 14.1 Å². The molecule has 0 rings (SSSR count). The molecule has 0 aliphatic heterocycles. The maximum absolute atomic E-state index is 11.9. The molecule has 1 unspecified atom stereocenters. The molecule has 2 nitrogen and oxygen atoms in total. The third-order valence-corrected chi connectivity index (χ3v) is 8.32. The summed E-state index contributed by atoms with van der Waals surface area (Å²) in [4.78, 5) is 11.9. The second kappa shape index (κ2) is 7.24. The Morgan fingerprint density at radius 3 is 2.28 bits per heavy atom. The van der Waals surface area contributed by atoms with Gasteiger partial charge in [0, 0.05) is 0 Å². The number of carbonyl (C=O) groups is 1. The van der Waals surface area contributed by atoms with E-state index >= 15 is 0 Å². The third-order valence-electron chi connectivity index (χ3n) is 3.83. The Labute approximate surface area is 114 Å². The largest absolute Gasteiger partial charge is 0.407 e. The molecule has 18 heavy (non-hydrogen) atoms. The van der Waals surface area contributed by atoms with E-state index in [0.29, 0.717) is 0 Å². The summed E-state index contributed by atoms with van der Waals surface area (Å²) >= 11 is 0. The van der Waals surface area contributed by atoms with E-state index in [9.17, 15) is 4.79 Å². The van der Waals surface area contributed by atoms with Gasteiger partial charge >= 0.3 is 0 Å². The second-order valence-electron chi connectivity index (χ2n) is 6.47. The van der Waals surface area contributed by atoms with Crippen LogP contribution in [0.3, 0.4) is 0 Å². The highest BCUT2D eigenvalue weighted by molar-refractivity contribution is 6.74. The molecule has 0 spiro atoms. The van der Waals surface area contributed by atoms with E-state index < -0.39 is 8.32 Å². The Morgan fingerprint density at radius 2 is 1.89 bits per heavy atom. The summed E-state index contributed by atoms with van der Waals surface area (Å²) in [6, 6.07) is 0. The van der Waals surface area contributed by atoms with E-state index in [-0.39, 0.29) is 16.9 Å². The van der Waals surface area contributed by atoms with Crippen LogP contribution in [0.15, 0.2) is 12.7 Å². The summed E-state index contributed by atoms with van der Waals surface area (Å²) in [6.07, 6.45) is 5.32. The Balaban J connectivity index is 4.68. The van der Waals surface area contributed by atoms with Crippen LogP contribution in [-0.4, -0.2) is 20.2 Å². The monoisotopic (exact) mass is 270 g/mol. The molecule has 0 saturated carbocycles. The van der Waals surface area contributed by atoms with E-state index in [2.05, 4.69) is 47.4 Å². The van der Waals surface area contributed by atoms with E-state index in [1.54, 1.807) is 0 Å². The normalized spacial score (nSPS) is 14.3. The lowest BCUT2D eigenvalue weighted by atomic mass is 10.1. The SMILES string of the molecule is C=CC(=O)C(CCCCC)O[Si](C)(C)C(C)(C)C. The van der Waals surface area contributed by atoms with E-state index in [1.807, 2.05) is 0 Å². The van der Waals surface area contributed by atoms with E-state index in [0.717, 1.165) is 25.7 Å². The van der Waals surface area contributed by atoms with Gasteiger partial charge in [-0.1, -0.05) is 53.5 Å². The van der Waals surface area contributed by atoms with Crippen molar-refractivity contribution in [3.8, 4) is 0 Å². The first-order chi connectivity index (χ1) is 8.15. The maximum atomic E-state index is 11.9. The summed E-state index contributed by atoms with van der Waals surface area (Å²) in [6.45, 7) is 16.7. The highest BCUT2D eigenvalue weighted by atomic mass is 28.4. The van der Waals surface area contributed by atoms with Crippen molar-refractivity contribution in [3.05, 3.63) is 12.7 Å². The van der Waals surface area contributed by atoms with Gasteiger partial charge in [0.1, 0.15) is 6.10 Å². The molecule has 106 valence electrons. The summed E-state index contributed by atoms with van der Waals surface area (Å²) in [7, 11) is -1.88. The van der Waals surface area contributed by atoms with Gasteiger partial charge in [-0.3, -0.25) is 4.79 Å². The minimum atomic E-state index is -1.88. The molecule has 0 N–H and O–H groups in total. The minimum absolute atomic E-state index is 0.0379. The van der Waals surface area contributed by atoms with Crippen LogP contribution in [-0.2, 0) is 9.22 Å². The highest BCUT2D eigenvalue weighted by Crippen LogP contribution is 2.37.